The molecule has 5 heteroatoms. The molecule has 164 valence electrons. The third kappa shape index (κ3) is 5.03. The van der Waals surface area contributed by atoms with Crippen LogP contribution in [0.5, 0.6) is 5.75 Å². The third-order valence-electron chi connectivity index (χ3n) is 5.56. The highest BCUT2D eigenvalue weighted by Crippen LogP contribution is 2.22. The van der Waals surface area contributed by atoms with Crippen LogP contribution in [0.1, 0.15) is 38.2 Å². The first-order valence-electron chi connectivity index (χ1n) is 11.0. The van der Waals surface area contributed by atoms with E-state index in [0.29, 0.717) is 40.8 Å². The topological polar surface area (TPSA) is 44.1 Å². The summed E-state index contributed by atoms with van der Waals surface area (Å²) < 4.78 is 7.66. The van der Waals surface area contributed by atoms with E-state index in [1.165, 1.54) is 5.56 Å². The maximum Gasteiger partial charge on any atom is 0.261 e. The van der Waals surface area contributed by atoms with Crippen LogP contribution in [0.3, 0.4) is 0 Å². The Morgan fingerprint density at radius 1 is 0.938 bits per heavy atom. The Balaban J connectivity index is 1.48. The van der Waals surface area contributed by atoms with Crippen molar-refractivity contribution < 1.29 is 4.74 Å². The van der Waals surface area contributed by atoms with E-state index in [2.05, 4.69) is 26.0 Å². The van der Waals surface area contributed by atoms with E-state index >= 15 is 0 Å². The Morgan fingerprint density at radius 3 is 2.38 bits per heavy atom. The summed E-state index contributed by atoms with van der Waals surface area (Å²) in [5, 5.41) is 1.29. The minimum atomic E-state index is -0.0225. The summed E-state index contributed by atoms with van der Waals surface area (Å²) in [4.78, 5) is 18.0. The molecule has 0 aliphatic heterocycles. The minimum Gasteiger partial charge on any atom is -0.494 e. The van der Waals surface area contributed by atoms with Crippen molar-refractivity contribution in [3.63, 3.8) is 0 Å². The second kappa shape index (κ2) is 10.0. The predicted molar refractivity (Wildman–Crippen MR) is 132 cm³/mol. The maximum absolute atomic E-state index is 13.2. The van der Waals surface area contributed by atoms with Gasteiger partial charge in [0.05, 0.1) is 17.5 Å². The number of ether oxygens (including phenoxy) is 1. The molecule has 0 radical (unpaired) electrons. The van der Waals surface area contributed by atoms with Gasteiger partial charge in [-0.3, -0.25) is 9.36 Å². The van der Waals surface area contributed by atoms with Gasteiger partial charge >= 0.3 is 0 Å². The van der Waals surface area contributed by atoms with Crippen molar-refractivity contribution in [1.82, 2.24) is 9.55 Å². The smallest absolute Gasteiger partial charge is 0.261 e. The number of para-hydroxylation sites is 1. The molecule has 0 aliphatic rings. The predicted octanol–water partition coefficient (Wildman–Crippen LogP) is 6.70. The second-order valence-electron chi connectivity index (χ2n) is 8.20. The van der Waals surface area contributed by atoms with Gasteiger partial charge in [-0.25, -0.2) is 4.98 Å². The SMILES string of the molecule is CC(C)c1ccc(OCCCCn2c(-c3ccc(Cl)cc3)nc3ccccc3c2=O)cc1. The maximum atomic E-state index is 13.2. The molecule has 4 aromatic rings. The molecule has 4 rings (SSSR count). The van der Waals surface area contributed by atoms with Crippen LogP contribution in [0.4, 0.5) is 0 Å². The third-order valence-corrected chi connectivity index (χ3v) is 5.81. The van der Waals surface area contributed by atoms with Gasteiger partial charge in [0.25, 0.3) is 5.56 Å². The zero-order chi connectivity index (χ0) is 22.5. The quantitative estimate of drug-likeness (QED) is 0.283. The Kier molecular flexibility index (Phi) is 6.91. The van der Waals surface area contributed by atoms with Gasteiger partial charge < -0.3 is 4.74 Å². The van der Waals surface area contributed by atoms with Crippen molar-refractivity contribution in [1.29, 1.82) is 0 Å². The largest absolute Gasteiger partial charge is 0.494 e. The molecular weight excluding hydrogens is 420 g/mol. The number of unbranched alkanes of at least 4 members (excludes halogenated alkanes) is 1. The summed E-state index contributed by atoms with van der Waals surface area (Å²) in [6, 6.07) is 23.2. The molecule has 0 N–H and O–H groups in total. The first-order valence-corrected chi connectivity index (χ1v) is 11.4. The first-order chi connectivity index (χ1) is 15.5. The number of benzene rings is 3. The molecule has 0 saturated carbocycles. The lowest BCUT2D eigenvalue weighted by Gasteiger charge is -2.14. The van der Waals surface area contributed by atoms with Gasteiger partial charge in [-0.15, -0.1) is 0 Å². The van der Waals surface area contributed by atoms with Crippen molar-refractivity contribution >= 4 is 22.5 Å². The molecule has 4 nitrogen and oxygen atoms in total. The lowest BCUT2D eigenvalue weighted by molar-refractivity contribution is 0.303. The highest BCUT2D eigenvalue weighted by Gasteiger charge is 2.12. The van der Waals surface area contributed by atoms with Gasteiger partial charge in [0.1, 0.15) is 11.6 Å². The summed E-state index contributed by atoms with van der Waals surface area (Å²) in [6.07, 6.45) is 1.65. The van der Waals surface area contributed by atoms with E-state index in [4.69, 9.17) is 21.3 Å². The zero-order valence-electron chi connectivity index (χ0n) is 18.4. The molecule has 32 heavy (non-hydrogen) atoms. The van der Waals surface area contributed by atoms with Crippen molar-refractivity contribution in [3.05, 3.63) is 93.7 Å². The van der Waals surface area contributed by atoms with Crippen LogP contribution in [0.2, 0.25) is 5.02 Å². The van der Waals surface area contributed by atoms with E-state index in [1.54, 1.807) is 4.57 Å². The van der Waals surface area contributed by atoms with E-state index in [9.17, 15) is 4.79 Å². The molecule has 1 heterocycles. The van der Waals surface area contributed by atoms with Gasteiger partial charge in [0.2, 0.25) is 0 Å². The molecule has 1 aromatic heterocycles. The molecule has 0 amide bonds. The van der Waals surface area contributed by atoms with E-state index in [1.807, 2.05) is 60.7 Å². The van der Waals surface area contributed by atoms with Crippen LogP contribution in [-0.2, 0) is 6.54 Å². The van der Waals surface area contributed by atoms with Crippen molar-refractivity contribution in [2.45, 2.75) is 39.2 Å². The minimum absolute atomic E-state index is 0.0225. The monoisotopic (exact) mass is 446 g/mol. The highest BCUT2D eigenvalue weighted by atomic mass is 35.5. The van der Waals surface area contributed by atoms with E-state index < -0.39 is 0 Å². The fourth-order valence-electron chi connectivity index (χ4n) is 3.71. The molecule has 0 spiro atoms. The molecule has 0 aliphatic carbocycles. The van der Waals surface area contributed by atoms with Gasteiger partial charge in [0, 0.05) is 17.1 Å². The van der Waals surface area contributed by atoms with Gasteiger partial charge in [-0.2, -0.15) is 0 Å². The molecule has 0 saturated heterocycles. The fraction of sp³-hybridized carbons (Fsp3) is 0.259. The first kappa shape index (κ1) is 22.1. The summed E-state index contributed by atoms with van der Waals surface area (Å²) in [7, 11) is 0. The lowest BCUT2D eigenvalue weighted by atomic mass is 10.0. The van der Waals surface area contributed by atoms with E-state index in [-0.39, 0.29) is 5.56 Å². The molecule has 3 aromatic carbocycles. The summed E-state index contributed by atoms with van der Waals surface area (Å²) in [5.41, 5.74) is 2.85. The molecule has 0 atom stereocenters. The number of fused-ring (bicyclic) bond motifs is 1. The Labute approximate surface area is 193 Å². The molecule has 0 fully saturated rings. The Bertz CT molecular complexity index is 1250. The standard InChI is InChI=1S/C27H27ClN2O2/c1-19(2)20-11-15-23(16-12-20)32-18-6-5-17-30-26(21-9-13-22(28)14-10-21)29-25-8-4-3-7-24(25)27(30)31/h3-4,7-16,19H,5-6,17-18H2,1-2H3. The lowest BCUT2D eigenvalue weighted by Crippen LogP contribution is -2.24. The number of aromatic nitrogens is 2. The van der Waals surface area contributed by atoms with Crippen molar-refractivity contribution in [2.24, 2.45) is 0 Å². The summed E-state index contributed by atoms with van der Waals surface area (Å²) >= 11 is 6.06. The number of hydrogen-bond acceptors (Lipinski definition) is 3. The van der Waals surface area contributed by atoms with Gasteiger partial charge in [0.15, 0.2) is 0 Å². The van der Waals surface area contributed by atoms with Crippen LogP contribution < -0.4 is 10.3 Å². The summed E-state index contributed by atoms with van der Waals surface area (Å²) in [6.45, 7) is 5.53. The van der Waals surface area contributed by atoms with Crippen LogP contribution in [0.25, 0.3) is 22.3 Å². The number of nitrogens with zero attached hydrogens (tertiary/aromatic N) is 2. The van der Waals surface area contributed by atoms with Crippen LogP contribution in [0.15, 0.2) is 77.6 Å². The van der Waals surface area contributed by atoms with Gasteiger partial charge in [-0.1, -0.05) is 49.7 Å². The fourth-order valence-corrected chi connectivity index (χ4v) is 3.83. The molecule has 0 bridgehead atoms. The van der Waals surface area contributed by atoms with E-state index in [0.717, 1.165) is 24.2 Å². The van der Waals surface area contributed by atoms with Gasteiger partial charge in [-0.05, 0) is 72.9 Å². The number of halogens is 1. The molecule has 0 unspecified atom stereocenters. The average Bonchev–Trinajstić information content (AvgIpc) is 2.81. The normalized spacial score (nSPS) is 11.2. The number of rotatable bonds is 8. The van der Waals surface area contributed by atoms with Crippen LogP contribution in [0, 0.1) is 0 Å². The Hall–Kier alpha value is -3.11. The summed E-state index contributed by atoms with van der Waals surface area (Å²) in [5.74, 6) is 2.05. The average molecular weight is 447 g/mol. The van der Waals surface area contributed by atoms with Crippen LogP contribution >= 0.6 is 11.6 Å². The second-order valence-corrected chi connectivity index (χ2v) is 8.63. The Morgan fingerprint density at radius 2 is 1.66 bits per heavy atom. The zero-order valence-corrected chi connectivity index (χ0v) is 19.2. The highest BCUT2D eigenvalue weighted by molar-refractivity contribution is 6.30. The van der Waals surface area contributed by atoms with Crippen molar-refractivity contribution in [3.8, 4) is 17.1 Å². The van der Waals surface area contributed by atoms with Crippen molar-refractivity contribution in [2.75, 3.05) is 6.61 Å². The number of hydrogen-bond donors (Lipinski definition) is 0. The molecular formula is C27H27ClN2O2. The van der Waals surface area contributed by atoms with Crippen LogP contribution in [-0.4, -0.2) is 16.2 Å².